The van der Waals surface area contributed by atoms with Gasteiger partial charge in [0.1, 0.15) is 18.3 Å². The molecule has 1 atom stereocenters. The number of nitrogens with zero attached hydrogens (tertiary/aromatic N) is 2. The van der Waals surface area contributed by atoms with Crippen molar-refractivity contribution in [3.05, 3.63) is 0 Å². The van der Waals surface area contributed by atoms with E-state index in [0.717, 1.165) is 0 Å². The van der Waals surface area contributed by atoms with E-state index < -0.39 is 5.60 Å². The molecule has 0 aromatic heterocycles. The second-order valence-electron chi connectivity index (χ2n) is 6.57. The maximum absolute atomic E-state index is 12.2. The van der Waals surface area contributed by atoms with Gasteiger partial charge in [0.05, 0.1) is 7.11 Å². The van der Waals surface area contributed by atoms with Gasteiger partial charge in [0.15, 0.2) is 0 Å². The summed E-state index contributed by atoms with van der Waals surface area (Å²) in [5, 5.41) is 0. The lowest BCUT2D eigenvalue weighted by atomic mass is 9.92. The van der Waals surface area contributed by atoms with E-state index in [0.29, 0.717) is 12.4 Å². The molecule has 1 rings (SSSR count). The molecule has 18 heavy (non-hydrogen) atoms. The van der Waals surface area contributed by atoms with E-state index in [1.54, 1.807) is 12.0 Å². The van der Waals surface area contributed by atoms with Crippen LogP contribution in [-0.2, 0) is 9.47 Å². The summed E-state index contributed by atoms with van der Waals surface area (Å²) in [6.45, 7) is 12.0. The maximum atomic E-state index is 12.2. The van der Waals surface area contributed by atoms with Crippen LogP contribution < -0.4 is 0 Å². The van der Waals surface area contributed by atoms with Crippen LogP contribution >= 0.6 is 0 Å². The van der Waals surface area contributed by atoms with E-state index in [1.807, 2.05) is 41.5 Å². The minimum absolute atomic E-state index is 0.156. The van der Waals surface area contributed by atoms with Gasteiger partial charge < -0.3 is 9.47 Å². The van der Waals surface area contributed by atoms with Crippen LogP contribution in [0, 0.1) is 5.41 Å². The van der Waals surface area contributed by atoms with Gasteiger partial charge in [-0.1, -0.05) is 20.8 Å². The highest BCUT2D eigenvalue weighted by atomic mass is 16.6. The van der Waals surface area contributed by atoms with Crippen LogP contribution in [-0.4, -0.2) is 42.3 Å². The Kier molecular flexibility index (Phi) is 3.93. The number of carbonyl (C=O) groups is 1. The second kappa shape index (κ2) is 4.78. The lowest BCUT2D eigenvalue weighted by Gasteiger charge is -2.33. The Bertz CT molecular complexity index is 350. The first-order chi connectivity index (χ1) is 8.04. The first kappa shape index (κ1) is 14.8. The van der Waals surface area contributed by atoms with Crippen LogP contribution in [0.3, 0.4) is 0 Å². The summed E-state index contributed by atoms with van der Waals surface area (Å²) >= 11 is 0. The highest BCUT2D eigenvalue weighted by Crippen LogP contribution is 2.30. The van der Waals surface area contributed by atoms with Gasteiger partial charge in [0.2, 0.25) is 5.90 Å². The molecule has 1 aliphatic rings. The van der Waals surface area contributed by atoms with Gasteiger partial charge in [-0.2, -0.15) is 0 Å². The summed E-state index contributed by atoms with van der Waals surface area (Å²) in [4.78, 5) is 18.2. The molecule has 0 saturated heterocycles. The van der Waals surface area contributed by atoms with Crippen molar-refractivity contribution in [2.24, 2.45) is 10.4 Å². The van der Waals surface area contributed by atoms with Gasteiger partial charge in [-0.3, -0.25) is 4.90 Å². The fraction of sp³-hybridized carbons (Fsp3) is 0.846. The fourth-order valence-corrected chi connectivity index (χ4v) is 1.74. The van der Waals surface area contributed by atoms with E-state index in [9.17, 15) is 4.79 Å². The molecule has 5 heteroatoms. The quantitative estimate of drug-likeness (QED) is 0.669. The summed E-state index contributed by atoms with van der Waals surface area (Å²) in [6.07, 6.45) is -0.597. The van der Waals surface area contributed by atoms with Crippen LogP contribution in [0.2, 0.25) is 0 Å². The monoisotopic (exact) mass is 256 g/mol. The molecule has 0 radical (unpaired) electrons. The van der Waals surface area contributed by atoms with Crippen molar-refractivity contribution in [2.45, 2.75) is 53.3 Å². The van der Waals surface area contributed by atoms with Crippen molar-refractivity contribution >= 4 is 12.0 Å². The van der Waals surface area contributed by atoms with Crippen LogP contribution in [0.1, 0.15) is 41.5 Å². The van der Waals surface area contributed by atoms with Gasteiger partial charge in [0, 0.05) is 5.41 Å². The topological polar surface area (TPSA) is 51.1 Å². The van der Waals surface area contributed by atoms with Crippen molar-refractivity contribution in [2.75, 3.05) is 13.7 Å². The van der Waals surface area contributed by atoms with Gasteiger partial charge in [-0.25, -0.2) is 9.79 Å². The molecule has 1 amide bonds. The standard InChI is InChI=1S/C13H24N2O3/c1-12(2,3)10-14-9(17-7)8-15(10)11(16)18-13(4,5)6/h10H,8H2,1-7H3. The van der Waals surface area contributed by atoms with E-state index >= 15 is 0 Å². The van der Waals surface area contributed by atoms with Crippen LogP contribution in [0.5, 0.6) is 0 Å². The third-order valence-corrected chi connectivity index (χ3v) is 2.51. The normalized spacial score (nSPS) is 20.7. The van der Waals surface area contributed by atoms with Gasteiger partial charge in [0.25, 0.3) is 0 Å². The molecule has 0 aliphatic carbocycles. The largest absolute Gasteiger partial charge is 0.483 e. The van der Waals surface area contributed by atoms with Gasteiger partial charge >= 0.3 is 6.09 Å². The number of aliphatic imine (C=N–C) groups is 1. The molecule has 0 aromatic carbocycles. The van der Waals surface area contributed by atoms with E-state index in [1.165, 1.54) is 0 Å². The summed E-state index contributed by atoms with van der Waals surface area (Å²) in [5.41, 5.74) is -0.660. The summed E-state index contributed by atoms with van der Waals surface area (Å²) < 4.78 is 10.5. The molecule has 0 fully saturated rings. The lowest BCUT2D eigenvalue weighted by Crippen LogP contribution is -2.46. The molecule has 0 N–H and O–H groups in total. The number of ether oxygens (including phenoxy) is 2. The van der Waals surface area contributed by atoms with E-state index in [2.05, 4.69) is 4.99 Å². The smallest absolute Gasteiger partial charge is 0.412 e. The molecule has 1 aliphatic heterocycles. The average Bonchev–Trinajstić information content (AvgIpc) is 2.57. The minimum atomic E-state index is -0.505. The number of carbonyl (C=O) groups excluding carboxylic acids is 1. The van der Waals surface area contributed by atoms with Crippen LogP contribution in [0.15, 0.2) is 4.99 Å². The Hall–Kier alpha value is -1.26. The summed E-state index contributed by atoms with van der Waals surface area (Å²) in [7, 11) is 1.57. The molecule has 0 spiro atoms. The minimum Gasteiger partial charge on any atom is -0.483 e. The fourth-order valence-electron chi connectivity index (χ4n) is 1.74. The van der Waals surface area contributed by atoms with Crippen molar-refractivity contribution in [1.29, 1.82) is 0 Å². The zero-order valence-electron chi connectivity index (χ0n) is 12.4. The molecule has 0 bridgehead atoms. The highest BCUT2D eigenvalue weighted by Gasteiger charge is 2.40. The molecule has 104 valence electrons. The van der Waals surface area contributed by atoms with E-state index in [4.69, 9.17) is 9.47 Å². The Labute approximate surface area is 109 Å². The number of methoxy groups -OCH3 is 1. The lowest BCUT2D eigenvalue weighted by molar-refractivity contribution is 0.0114. The Morgan fingerprint density at radius 2 is 1.83 bits per heavy atom. The van der Waals surface area contributed by atoms with Gasteiger partial charge in [-0.15, -0.1) is 0 Å². The SMILES string of the molecule is COC1=NC(C(C)(C)C)N(C(=O)OC(C)(C)C)C1. The van der Waals surface area contributed by atoms with Crippen molar-refractivity contribution in [3.8, 4) is 0 Å². The third-order valence-electron chi connectivity index (χ3n) is 2.51. The molecule has 5 nitrogen and oxygen atoms in total. The van der Waals surface area contributed by atoms with Crippen molar-refractivity contribution in [1.82, 2.24) is 4.90 Å². The molecule has 1 unspecified atom stereocenters. The molecular formula is C13H24N2O3. The van der Waals surface area contributed by atoms with Crippen LogP contribution in [0.4, 0.5) is 4.79 Å². The first-order valence-corrected chi connectivity index (χ1v) is 6.15. The van der Waals surface area contributed by atoms with Crippen LogP contribution in [0.25, 0.3) is 0 Å². The van der Waals surface area contributed by atoms with Gasteiger partial charge in [-0.05, 0) is 20.8 Å². The third kappa shape index (κ3) is 3.62. The zero-order valence-corrected chi connectivity index (χ0v) is 12.4. The Morgan fingerprint density at radius 3 is 2.22 bits per heavy atom. The number of hydrogen-bond donors (Lipinski definition) is 0. The summed E-state index contributed by atoms with van der Waals surface area (Å²) in [5.74, 6) is 0.570. The molecule has 1 heterocycles. The number of rotatable bonds is 0. The van der Waals surface area contributed by atoms with Crippen molar-refractivity contribution < 1.29 is 14.3 Å². The van der Waals surface area contributed by atoms with Crippen molar-refractivity contribution in [3.63, 3.8) is 0 Å². The summed E-state index contributed by atoms with van der Waals surface area (Å²) in [6, 6.07) is 0. The number of hydrogen-bond acceptors (Lipinski definition) is 4. The van der Waals surface area contributed by atoms with E-state index in [-0.39, 0.29) is 17.7 Å². The maximum Gasteiger partial charge on any atom is 0.412 e. The average molecular weight is 256 g/mol. The zero-order chi connectivity index (χ0) is 14.1. The molecular weight excluding hydrogens is 232 g/mol. The first-order valence-electron chi connectivity index (χ1n) is 6.15. The number of amides is 1. The second-order valence-corrected chi connectivity index (χ2v) is 6.57. The molecule has 0 saturated carbocycles. The predicted molar refractivity (Wildman–Crippen MR) is 70.6 cm³/mol. The Morgan fingerprint density at radius 1 is 1.28 bits per heavy atom. The highest BCUT2D eigenvalue weighted by molar-refractivity contribution is 5.85. The molecule has 0 aromatic rings. The Balaban J connectivity index is 2.86. The predicted octanol–water partition coefficient (Wildman–Crippen LogP) is 2.65.